The average molecular weight is 285 g/mol. The third kappa shape index (κ3) is 5.20. The highest BCUT2D eigenvalue weighted by atomic mass is 32.2. The quantitative estimate of drug-likeness (QED) is 0.709. The Morgan fingerprint density at radius 2 is 1.89 bits per heavy atom. The molecule has 4 nitrogen and oxygen atoms in total. The molecular formula is C14H23NO3S. The van der Waals surface area contributed by atoms with Crippen LogP contribution >= 0.6 is 0 Å². The van der Waals surface area contributed by atoms with E-state index in [4.69, 9.17) is 4.74 Å². The van der Waals surface area contributed by atoms with Crippen LogP contribution in [0.4, 0.5) is 5.69 Å². The maximum atomic E-state index is 11.9. The lowest BCUT2D eigenvalue weighted by Gasteiger charge is -2.11. The van der Waals surface area contributed by atoms with Gasteiger partial charge in [-0.15, -0.1) is 0 Å². The molecule has 19 heavy (non-hydrogen) atoms. The molecule has 0 atom stereocenters. The van der Waals surface area contributed by atoms with Crippen LogP contribution in [0.3, 0.4) is 0 Å². The summed E-state index contributed by atoms with van der Waals surface area (Å²) in [6.45, 7) is 3.22. The van der Waals surface area contributed by atoms with Gasteiger partial charge in [0.25, 0.3) is 0 Å². The minimum Gasteiger partial charge on any atom is -0.385 e. The summed E-state index contributed by atoms with van der Waals surface area (Å²) in [6, 6.07) is 7.08. The van der Waals surface area contributed by atoms with Crippen molar-refractivity contribution in [1.29, 1.82) is 0 Å². The summed E-state index contributed by atoms with van der Waals surface area (Å²) in [4.78, 5) is 0.398. The first-order chi connectivity index (χ1) is 9.11. The summed E-state index contributed by atoms with van der Waals surface area (Å²) in [5, 5.41) is 3.21. The molecule has 1 N–H and O–H groups in total. The molecule has 1 aromatic carbocycles. The largest absolute Gasteiger partial charge is 0.385 e. The normalized spacial score (nSPS) is 11.5. The number of ether oxygens (including phenoxy) is 1. The second kappa shape index (κ2) is 8.17. The van der Waals surface area contributed by atoms with Crippen LogP contribution in [-0.2, 0) is 14.6 Å². The predicted octanol–water partition coefficient (Wildman–Crippen LogP) is 2.71. The van der Waals surface area contributed by atoms with E-state index < -0.39 is 9.84 Å². The topological polar surface area (TPSA) is 55.4 Å². The number of methoxy groups -OCH3 is 1. The van der Waals surface area contributed by atoms with Gasteiger partial charge < -0.3 is 10.1 Å². The van der Waals surface area contributed by atoms with Gasteiger partial charge >= 0.3 is 0 Å². The number of nitrogens with one attached hydrogen (secondary N) is 1. The van der Waals surface area contributed by atoms with E-state index >= 15 is 0 Å². The summed E-state index contributed by atoms with van der Waals surface area (Å²) in [5.41, 5.74) is 0.705. The molecule has 108 valence electrons. The highest BCUT2D eigenvalue weighted by molar-refractivity contribution is 7.91. The molecule has 0 aliphatic rings. The van der Waals surface area contributed by atoms with Gasteiger partial charge in [0.1, 0.15) is 0 Å². The van der Waals surface area contributed by atoms with Crippen molar-refractivity contribution in [3.05, 3.63) is 24.3 Å². The lowest BCUT2D eigenvalue weighted by Crippen LogP contribution is -2.10. The molecule has 1 aromatic rings. The van der Waals surface area contributed by atoms with E-state index in [0.29, 0.717) is 10.6 Å². The zero-order valence-corrected chi connectivity index (χ0v) is 12.5. The SMILES string of the molecule is CCS(=O)(=O)c1ccccc1NCCCCCOC. The predicted molar refractivity (Wildman–Crippen MR) is 78.4 cm³/mol. The Morgan fingerprint density at radius 3 is 2.58 bits per heavy atom. The number of hydrogen-bond acceptors (Lipinski definition) is 4. The van der Waals surface area contributed by atoms with E-state index in [1.54, 1.807) is 26.2 Å². The van der Waals surface area contributed by atoms with Gasteiger partial charge in [0, 0.05) is 20.3 Å². The minimum absolute atomic E-state index is 0.125. The van der Waals surface area contributed by atoms with Crippen LogP contribution in [0.2, 0.25) is 0 Å². The van der Waals surface area contributed by atoms with E-state index in [-0.39, 0.29) is 5.75 Å². The molecule has 1 rings (SSSR count). The van der Waals surface area contributed by atoms with Crippen LogP contribution in [0.1, 0.15) is 26.2 Å². The number of anilines is 1. The van der Waals surface area contributed by atoms with Crippen LogP contribution in [0.25, 0.3) is 0 Å². The van der Waals surface area contributed by atoms with Crippen molar-refractivity contribution in [1.82, 2.24) is 0 Å². The first kappa shape index (κ1) is 16.0. The molecule has 0 radical (unpaired) electrons. The molecule has 0 saturated heterocycles. The fraction of sp³-hybridized carbons (Fsp3) is 0.571. The highest BCUT2D eigenvalue weighted by Gasteiger charge is 2.15. The number of rotatable bonds is 9. The first-order valence-corrected chi connectivity index (χ1v) is 8.31. The zero-order chi connectivity index (χ0) is 14.1. The van der Waals surface area contributed by atoms with Crippen molar-refractivity contribution in [2.75, 3.05) is 31.3 Å². The van der Waals surface area contributed by atoms with Gasteiger partial charge in [0.15, 0.2) is 9.84 Å². The zero-order valence-electron chi connectivity index (χ0n) is 11.7. The van der Waals surface area contributed by atoms with E-state index in [1.165, 1.54) is 0 Å². The van der Waals surface area contributed by atoms with Crippen LogP contribution in [0.15, 0.2) is 29.2 Å². The molecule has 0 spiro atoms. The smallest absolute Gasteiger partial charge is 0.180 e. The number of sulfone groups is 1. The summed E-state index contributed by atoms with van der Waals surface area (Å²) >= 11 is 0. The number of unbranched alkanes of at least 4 members (excludes halogenated alkanes) is 2. The molecule has 0 saturated carbocycles. The molecule has 0 bridgehead atoms. The molecule has 0 fully saturated rings. The van der Waals surface area contributed by atoms with Crippen molar-refractivity contribution >= 4 is 15.5 Å². The Balaban J connectivity index is 2.55. The molecule has 0 unspecified atom stereocenters. The highest BCUT2D eigenvalue weighted by Crippen LogP contribution is 2.21. The maximum Gasteiger partial charge on any atom is 0.180 e. The Morgan fingerprint density at radius 1 is 1.16 bits per heavy atom. The van der Waals surface area contributed by atoms with Gasteiger partial charge in [0.2, 0.25) is 0 Å². The molecular weight excluding hydrogens is 262 g/mol. The van der Waals surface area contributed by atoms with Crippen molar-refractivity contribution in [3.63, 3.8) is 0 Å². The Kier molecular flexibility index (Phi) is 6.87. The van der Waals surface area contributed by atoms with E-state index in [1.807, 2.05) is 12.1 Å². The Hall–Kier alpha value is -1.07. The van der Waals surface area contributed by atoms with Gasteiger partial charge in [-0.25, -0.2) is 8.42 Å². The standard InChI is InChI=1S/C14H23NO3S/c1-3-19(16,17)14-10-6-5-9-13(14)15-11-7-4-8-12-18-2/h5-6,9-10,15H,3-4,7-8,11-12H2,1-2H3. The fourth-order valence-corrected chi connectivity index (χ4v) is 2.88. The van der Waals surface area contributed by atoms with Gasteiger partial charge in [-0.1, -0.05) is 19.1 Å². The van der Waals surface area contributed by atoms with Gasteiger partial charge in [-0.05, 0) is 31.4 Å². The number of para-hydroxylation sites is 1. The van der Waals surface area contributed by atoms with Crippen molar-refractivity contribution in [2.45, 2.75) is 31.1 Å². The number of hydrogen-bond donors (Lipinski definition) is 1. The second-order valence-corrected chi connectivity index (χ2v) is 6.63. The van der Waals surface area contributed by atoms with Crippen LogP contribution < -0.4 is 5.32 Å². The van der Waals surface area contributed by atoms with Gasteiger partial charge in [-0.2, -0.15) is 0 Å². The molecule has 5 heteroatoms. The van der Waals surface area contributed by atoms with Crippen LogP contribution in [-0.4, -0.2) is 34.4 Å². The number of benzene rings is 1. The summed E-state index contributed by atoms with van der Waals surface area (Å²) in [5.74, 6) is 0.125. The molecule has 0 aliphatic carbocycles. The lowest BCUT2D eigenvalue weighted by atomic mass is 10.2. The maximum absolute atomic E-state index is 11.9. The summed E-state index contributed by atoms with van der Waals surface area (Å²) < 4.78 is 28.9. The van der Waals surface area contributed by atoms with Crippen molar-refractivity contribution < 1.29 is 13.2 Å². The summed E-state index contributed by atoms with van der Waals surface area (Å²) in [6.07, 6.45) is 3.11. The van der Waals surface area contributed by atoms with Crippen molar-refractivity contribution in [3.8, 4) is 0 Å². The lowest BCUT2D eigenvalue weighted by molar-refractivity contribution is 0.192. The molecule has 0 aromatic heterocycles. The Labute approximate surface area is 116 Å². The van der Waals surface area contributed by atoms with Crippen LogP contribution in [0.5, 0.6) is 0 Å². The Bertz CT molecular complexity index is 471. The molecule has 0 heterocycles. The fourth-order valence-electron chi connectivity index (χ4n) is 1.81. The van der Waals surface area contributed by atoms with Gasteiger partial charge in [-0.3, -0.25) is 0 Å². The molecule has 0 amide bonds. The van der Waals surface area contributed by atoms with E-state index in [0.717, 1.165) is 32.4 Å². The monoisotopic (exact) mass is 285 g/mol. The average Bonchev–Trinajstić information content (AvgIpc) is 2.43. The van der Waals surface area contributed by atoms with E-state index in [9.17, 15) is 8.42 Å². The summed E-state index contributed by atoms with van der Waals surface area (Å²) in [7, 11) is -1.46. The van der Waals surface area contributed by atoms with Crippen molar-refractivity contribution in [2.24, 2.45) is 0 Å². The first-order valence-electron chi connectivity index (χ1n) is 6.66. The molecule has 0 aliphatic heterocycles. The van der Waals surface area contributed by atoms with Crippen LogP contribution in [0, 0.1) is 0 Å². The van der Waals surface area contributed by atoms with Gasteiger partial charge in [0.05, 0.1) is 16.3 Å². The minimum atomic E-state index is -3.16. The van der Waals surface area contributed by atoms with E-state index in [2.05, 4.69) is 5.32 Å². The third-order valence-electron chi connectivity index (χ3n) is 2.94. The third-order valence-corrected chi connectivity index (χ3v) is 4.73. The second-order valence-electron chi connectivity index (χ2n) is 4.38.